The van der Waals surface area contributed by atoms with E-state index in [0.29, 0.717) is 12.6 Å². The average Bonchev–Trinajstić information content (AvgIpc) is 2.94. The average molecular weight is 250 g/mol. The smallest absolute Gasteiger partial charge is 0.123 e. The SMILES string of the molecule is NCC1CCCN1CC1Cc2cc(F)ccc2O1. The third-order valence-corrected chi connectivity index (χ3v) is 3.97. The molecule has 2 heterocycles. The van der Waals surface area contributed by atoms with Crippen LogP contribution in [0.25, 0.3) is 0 Å². The van der Waals surface area contributed by atoms with Crippen molar-refractivity contribution >= 4 is 0 Å². The van der Waals surface area contributed by atoms with E-state index in [0.717, 1.165) is 30.8 Å². The molecule has 3 rings (SSSR count). The molecule has 1 aromatic rings. The van der Waals surface area contributed by atoms with Gasteiger partial charge in [0, 0.05) is 31.1 Å². The normalized spacial score (nSPS) is 27.2. The molecule has 0 bridgehead atoms. The number of fused-ring (bicyclic) bond motifs is 1. The van der Waals surface area contributed by atoms with Crippen LogP contribution in [-0.2, 0) is 6.42 Å². The van der Waals surface area contributed by atoms with Crippen molar-refractivity contribution in [3.8, 4) is 5.75 Å². The maximum atomic E-state index is 13.1. The second-order valence-corrected chi connectivity index (χ2v) is 5.22. The number of nitrogens with zero attached hydrogens (tertiary/aromatic N) is 1. The number of hydrogen-bond donors (Lipinski definition) is 1. The zero-order valence-corrected chi connectivity index (χ0v) is 10.4. The minimum absolute atomic E-state index is 0.147. The zero-order valence-electron chi connectivity index (χ0n) is 10.4. The third-order valence-electron chi connectivity index (χ3n) is 3.97. The minimum atomic E-state index is -0.181. The molecule has 0 saturated carbocycles. The van der Waals surface area contributed by atoms with Crippen LogP contribution in [0.3, 0.4) is 0 Å². The van der Waals surface area contributed by atoms with Gasteiger partial charge < -0.3 is 10.5 Å². The number of likely N-dealkylation sites (tertiary alicyclic amines) is 1. The Labute approximate surface area is 107 Å². The molecule has 1 fully saturated rings. The van der Waals surface area contributed by atoms with Crippen molar-refractivity contribution in [2.75, 3.05) is 19.6 Å². The predicted molar refractivity (Wildman–Crippen MR) is 68.2 cm³/mol. The van der Waals surface area contributed by atoms with Crippen molar-refractivity contribution in [1.82, 2.24) is 4.90 Å². The van der Waals surface area contributed by atoms with Crippen molar-refractivity contribution in [3.63, 3.8) is 0 Å². The van der Waals surface area contributed by atoms with E-state index in [1.807, 2.05) is 0 Å². The quantitative estimate of drug-likeness (QED) is 0.884. The minimum Gasteiger partial charge on any atom is -0.488 e. The fourth-order valence-electron chi connectivity index (χ4n) is 3.05. The molecule has 1 saturated heterocycles. The second-order valence-electron chi connectivity index (χ2n) is 5.22. The van der Waals surface area contributed by atoms with Crippen LogP contribution in [0, 0.1) is 5.82 Å². The summed E-state index contributed by atoms with van der Waals surface area (Å²) in [6.07, 6.45) is 3.36. The molecule has 0 amide bonds. The zero-order chi connectivity index (χ0) is 12.5. The van der Waals surface area contributed by atoms with Crippen molar-refractivity contribution in [1.29, 1.82) is 0 Å². The molecule has 0 aliphatic carbocycles. The molecule has 2 unspecified atom stereocenters. The summed E-state index contributed by atoms with van der Waals surface area (Å²) < 4.78 is 19.0. The molecule has 3 nitrogen and oxygen atoms in total. The number of hydrogen-bond acceptors (Lipinski definition) is 3. The summed E-state index contributed by atoms with van der Waals surface area (Å²) in [7, 11) is 0. The van der Waals surface area contributed by atoms with Crippen molar-refractivity contribution in [2.24, 2.45) is 5.73 Å². The predicted octanol–water partition coefficient (Wildman–Crippen LogP) is 1.55. The van der Waals surface area contributed by atoms with E-state index < -0.39 is 0 Å². The lowest BCUT2D eigenvalue weighted by Gasteiger charge is -2.25. The summed E-state index contributed by atoms with van der Waals surface area (Å²) in [5, 5.41) is 0. The van der Waals surface area contributed by atoms with E-state index in [1.54, 1.807) is 12.1 Å². The van der Waals surface area contributed by atoms with E-state index in [1.165, 1.54) is 18.9 Å². The van der Waals surface area contributed by atoms with Crippen LogP contribution >= 0.6 is 0 Å². The summed E-state index contributed by atoms with van der Waals surface area (Å²) in [6, 6.07) is 5.27. The Balaban J connectivity index is 1.64. The van der Waals surface area contributed by atoms with Gasteiger partial charge in [-0.1, -0.05) is 0 Å². The van der Waals surface area contributed by atoms with Crippen LogP contribution < -0.4 is 10.5 Å². The molecule has 2 N–H and O–H groups in total. The first-order chi connectivity index (χ1) is 8.76. The molecule has 98 valence electrons. The Morgan fingerprint density at radius 2 is 2.33 bits per heavy atom. The molecule has 0 spiro atoms. The van der Waals surface area contributed by atoms with E-state index >= 15 is 0 Å². The van der Waals surface area contributed by atoms with Crippen LogP contribution in [0.1, 0.15) is 18.4 Å². The van der Waals surface area contributed by atoms with Gasteiger partial charge in [0.25, 0.3) is 0 Å². The van der Waals surface area contributed by atoms with E-state index in [9.17, 15) is 4.39 Å². The molecule has 0 aromatic heterocycles. The third kappa shape index (κ3) is 2.22. The monoisotopic (exact) mass is 250 g/mol. The summed E-state index contributed by atoms with van der Waals surface area (Å²) in [5.74, 6) is 0.656. The molecule has 18 heavy (non-hydrogen) atoms. The van der Waals surface area contributed by atoms with Crippen LogP contribution in [-0.4, -0.2) is 36.7 Å². The van der Waals surface area contributed by atoms with Gasteiger partial charge >= 0.3 is 0 Å². The van der Waals surface area contributed by atoms with Crippen LogP contribution in [0.4, 0.5) is 4.39 Å². The lowest BCUT2D eigenvalue weighted by Crippen LogP contribution is -2.41. The van der Waals surface area contributed by atoms with Gasteiger partial charge in [-0.3, -0.25) is 4.90 Å². The number of benzene rings is 1. The summed E-state index contributed by atoms with van der Waals surface area (Å²) >= 11 is 0. The number of rotatable bonds is 3. The molecule has 0 radical (unpaired) electrons. The highest BCUT2D eigenvalue weighted by atomic mass is 19.1. The van der Waals surface area contributed by atoms with Gasteiger partial charge in [-0.15, -0.1) is 0 Å². The first kappa shape index (κ1) is 11.9. The summed E-state index contributed by atoms with van der Waals surface area (Å²) in [5.41, 5.74) is 6.76. The first-order valence-corrected chi connectivity index (χ1v) is 6.65. The van der Waals surface area contributed by atoms with Gasteiger partial charge in [-0.25, -0.2) is 4.39 Å². The Bertz CT molecular complexity index is 438. The van der Waals surface area contributed by atoms with Gasteiger partial charge in [-0.05, 0) is 37.6 Å². The van der Waals surface area contributed by atoms with E-state index in [2.05, 4.69) is 4.90 Å². The van der Waals surface area contributed by atoms with Crippen LogP contribution in [0.5, 0.6) is 5.75 Å². The molecular formula is C14H19FN2O. The molecule has 2 aliphatic rings. The van der Waals surface area contributed by atoms with Crippen LogP contribution in [0.15, 0.2) is 18.2 Å². The number of ether oxygens (including phenoxy) is 1. The second kappa shape index (κ2) is 4.86. The highest BCUT2D eigenvalue weighted by Crippen LogP contribution is 2.30. The fourth-order valence-corrected chi connectivity index (χ4v) is 3.05. The molecule has 4 heteroatoms. The maximum Gasteiger partial charge on any atom is 0.123 e. The van der Waals surface area contributed by atoms with E-state index in [4.69, 9.17) is 10.5 Å². The lowest BCUT2D eigenvalue weighted by atomic mass is 10.1. The summed E-state index contributed by atoms with van der Waals surface area (Å²) in [6.45, 7) is 2.72. The Kier molecular flexibility index (Phi) is 3.22. The number of nitrogens with two attached hydrogens (primary N) is 1. The molecule has 1 aromatic carbocycles. The Hall–Kier alpha value is -1.13. The largest absolute Gasteiger partial charge is 0.488 e. The first-order valence-electron chi connectivity index (χ1n) is 6.65. The standard InChI is InChI=1S/C14H19FN2O/c15-11-3-4-14-10(6-11)7-13(18-14)9-17-5-1-2-12(17)8-16/h3-4,6,12-13H,1-2,5,7-9,16H2. The fraction of sp³-hybridized carbons (Fsp3) is 0.571. The highest BCUT2D eigenvalue weighted by Gasteiger charge is 2.30. The van der Waals surface area contributed by atoms with Gasteiger partial charge in [-0.2, -0.15) is 0 Å². The van der Waals surface area contributed by atoms with Crippen molar-refractivity contribution in [2.45, 2.75) is 31.4 Å². The van der Waals surface area contributed by atoms with Gasteiger partial charge in [0.05, 0.1) is 0 Å². The lowest BCUT2D eigenvalue weighted by molar-refractivity contribution is 0.143. The topological polar surface area (TPSA) is 38.5 Å². The molecule has 2 atom stereocenters. The summed E-state index contributed by atoms with van der Waals surface area (Å²) in [4.78, 5) is 2.41. The van der Waals surface area contributed by atoms with Crippen LogP contribution in [0.2, 0.25) is 0 Å². The molecular weight excluding hydrogens is 231 g/mol. The Morgan fingerprint density at radius 1 is 1.44 bits per heavy atom. The van der Waals surface area contributed by atoms with Gasteiger partial charge in [0.1, 0.15) is 17.7 Å². The Morgan fingerprint density at radius 3 is 3.17 bits per heavy atom. The van der Waals surface area contributed by atoms with Gasteiger partial charge in [0.2, 0.25) is 0 Å². The number of halogens is 1. The maximum absolute atomic E-state index is 13.1. The van der Waals surface area contributed by atoms with Crippen molar-refractivity contribution < 1.29 is 9.13 Å². The van der Waals surface area contributed by atoms with Gasteiger partial charge in [0.15, 0.2) is 0 Å². The van der Waals surface area contributed by atoms with Crippen molar-refractivity contribution in [3.05, 3.63) is 29.6 Å². The van der Waals surface area contributed by atoms with E-state index in [-0.39, 0.29) is 11.9 Å². The molecule has 2 aliphatic heterocycles. The highest BCUT2D eigenvalue weighted by molar-refractivity contribution is 5.37.